The lowest BCUT2D eigenvalue weighted by molar-refractivity contribution is -0.380. The van der Waals surface area contributed by atoms with E-state index >= 15 is 0 Å². The molecule has 0 radical (unpaired) electrons. The van der Waals surface area contributed by atoms with Crippen LogP contribution in [0.3, 0.4) is 0 Å². The molecule has 1 aliphatic heterocycles. The minimum atomic E-state index is -0.743. The van der Waals surface area contributed by atoms with E-state index in [0.717, 1.165) is 11.1 Å². The van der Waals surface area contributed by atoms with Crippen LogP contribution in [-0.4, -0.2) is 26.8 Å². The van der Waals surface area contributed by atoms with Crippen LogP contribution in [0.4, 0.5) is 10.1 Å². The van der Waals surface area contributed by atoms with E-state index in [2.05, 4.69) is 4.98 Å². The number of carbonyl (C=O) groups excluding carboxylic acids is 2. The quantitative estimate of drug-likeness (QED) is 0.510. The Morgan fingerprint density at radius 1 is 1.30 bits per heavy atom. The number of carbonyl (C=O) groups is 2. The van der Waals surface area contributed by atoms with Crippen LogP contribution in [0.5, 0.6) is 5.75 Å². The second-order valence-electron chi connectivity index (χ2n) is 3.88. The second kappa shape index (κ2) is 4.10. The zero-order chi connectivity index (χ0) is 14.4. The first-order chi connectivity index (χ1) is 9.50. The minimum Gasteiger partial charge on any atom is -0.507 e. The van der Waals surface area contributed by atoms with E-state index in [1.165, 1.54) is 18.2 Å². The van der Waals surface area contributed by atoms with Crippen molar-refractivity contribution in [2.24, 2.45) is 0 Å². The lowest BCUT2D eigenvalue weighted by Gasteiger charge is -2.08. The molecule has 8 nitrogen and oxygen atoms in total. The highest BCUT2D eigenvalue weighted by Gasteiger charge is 2.40. The molecule has 1 aromatic carbocycles. The molecule has 0 atom stereocenters. The lowest BCUT2D eigenvalue weighted by atomic mass is 10.1. The van der Waals surface area contributed by atoms with Crippen molar-refractivity contribution < 1.29 is 19.6 Å². The molecule has 2 amide bonds. The molecule has 0 saturated carbocycles. The molecule has 1 N–H and O–H groups in total. The van der Waals surface area contributed by atoms with Gasteiger partial charge in [0, 0.05) is 0 Å². The second-order valence-corrected chi connectivity index (χ2v) is 4.87. The van der Waals surface area contributed by atoms with E-state index in [9.17, 15) is 24.8 Å². The summed E-state index contributed by atoms with van der Waals surface area (Å²) in [6.45, 7) is 0. The zero-order valence-corrected chi connectivity index (χ0v) is 10.5. The van der Waals surface area contributed by atoms with Crippen LogP contribution in [0.2, 0.25) is 0 Å². The highest BCUT2D eigenvalue weighted by Crippen LogP contribution is 2.36. The van der Waals surface area contributed by atoms with Gasteiger partial charge in [-0.25, -0.2) is 9.88 Å². The van der Waals surface area contributed by atoms with Crippen LogP contribution >= 0.6 is 11.3 Å². The van der Waals surface area contributed by atoms with Gasteiger partial charge in [0.05, 0.1) is 16.1 Å². The molecule has 1 aliphatic rings. The first-order valence-corrected chi connectivity index (χ1v) is 6.13. The third kappa shape index (κ3) is 1.57. The topological polar surface area (TPSA) is 114 Å². The summed E-state index contributed by atoms with van der Waals surface area (Å²) in [7, 11) is 0. The summed E-state index contributed by atoms with van der Waals surface area (Å²) >= 11 is 0.615. The number of rotatable bonds is 2. The highest BCUT2D eigenvalue weighted by molar-refractivity contribution is 7.19. The summed E-state index contributed by atoms with van der Waals surface area (Å²) in [5, 5.41) is 19.9. The van der Waals surface area contributed by atoms with Gasteiger partial charge in [-0.1, -0.05) is 6.07 Å². The Bertz CT molecular complexity index is 769. The van der Waals surface area contributed by atoms with Crippen LogP contribution in [0.25, 0.3) is 0 Å². The SMILES string of the molecule is O=C1c2cccc(O)c2C(=O)N1c1ncc([N+](=O)[O-])s1. The number of aromatic hydroxyl groups is 1. The highest BCUT2D eigenvalue weighted by atomic mass is 32.1. The molecular weight excluding hydrogens is 286 g/mol. The van der Waals surface area contributed by atoms with Crippen LogP contribution in [-0.2, 0) is 0 Å². The molecule has 9 heteroatoms. The molecule has 20 heavy (non-hydrogen) atoms. The molecule has 0 saturated heterocycles. The van der Waals surface area contributed by atoms with Crippen LogP contribution in [0, 0.1) is 10.1 Å². The summed E-state index contributed by atoms with van der Waals surface area (Å²) in [5.74, 6) is -1.72. The maximum atomic E-state index is 12.1. The molecule has 2 heterocycles. The molecule has 3 rings (SSSR count). The lowest BCUT2D eigenvalue weighted by Crippen LogP contribution is -2.29. The van der Waals surface area contributed by atoms with Gasteiger partial charge in [-0.3, -0.25) is 19.7 Å². The fraction of sp³-hybridized carbons (Fsp3) is 0. The van der Waals surface area contributed by atoms with Gasteiger partial charge in [-0.2, -0.15) is 0 Å². The molecule has 2 aromatic rings. The summed E-state index contributed by atoms with van der Waals surface area (Å²) in [6, 6.07) is 4.13. The number of hydrogen-bond donors (Lipinski definition) is 1. The van der Waals surface area contributed by atoms with Crippen molar-refractivity contribution in [2.45, 2.75) is 0 Å². The number of nitrogens with zero attached hydrogens (tertiary/aromatic N) is 3. The number of thiazole rings is 1. The van der Waals surface area contributed by atoms with E-state index in [0.29, 0.717) is 11.3 Å². The van der Waals surface area contributed by atoms with Crippen LogP contribution in [0.1, 0.15) is 20.7 Å². The first-order valence-electron chi connectivity index (χ1n) is 5.31. The van der Waals surface area contributed by atoms with Crippen molar-refractivity contribution in [3.8, 4) is 5.75 Å². The number of phenolic OH excluding ortho intramolecular Hbond substituents is 1. The smallest absolute Gasteiger partial charge is 0.345 e. The van der Waals surface area contributed by atoms with E-state index in [-0.39, 0.29) is 27.0 Å². The first kappa shape index (κ1) is 12.2. The number of amides is 2. The molecule has 100 valence electrons. The standard InChI is InChI=1S/C11H5N3O5S/c15-6-3-1-2-5-8(6)10(17)13(9(5)16)11-12-4-7(20-11)14(18)19/h1-4,15H. The van der Waals surface area contributed by atoms with Gasteiger partial charge in [0.1, 0.15) is 11.9 Å². The molecule has 1 aromatic heterocycles. The molecule has 0 aliphatic carbocycles. The summed E-state index contributed by atoms with van der Waals surface area (Å²) in [4.78, 5) is 38.7. The predicted molar refractivity (Wildman–Crippen MR) is 68.0 cm³/mol. The van der Waals surface area contributed by atoms with Crippen LogP contribution in [0.15, 0.2) is 24.4 Å². The number of anilines is 1. The number of nitro groups is 1. The molecule has 0 spiro atoms. The third-order valence-electron chi connectivity index (χ3n) is 2.75. The number of phenols is 1. The number of imide groups is 1. The van der Waals surface area contributed by atoms with E-state index in [1.807, 2.05) is 0 Å². The predicted octanol–water partition coefficient (Wildman–Crippen LogP) is 1.56. The van der Waals surface area contributed by atoms with Gasteiger partial charge in [0.2, 0.25) is 5.13 Å². The molecule has 0 fully saturated rings. The average molecular weight is 291 g/mol. The summed E-state index contributed by atoms with van der Waals surface area (Å²) < 4.78 is 0. The number of hydrogen-bond acceptors (Lipinski definition) is 7. The van der Waals surface area contributed by atoms with Crippen molar-refractivity contribution >= 4 is 33.3 Å². The van der Waals surface area contributed by atoms with Crippen LogP contribution < -0.4 is 4.90 Å². The van der Waals surface area contributed by atoms with Gasteiger partial charge < -0.3 is 5.11 Å². The molecule has 0 bridgehead atoms. The monoisotopic (exact) mass is 291 g/mol. The maximum Gasteiger partial charge on any atom is 0.345 e. The maximum absolute atomic E-state index is 12.1. The van der Waals surface area contributed by atoms with Gasteiger partial charge in [-0.05, 0) is 23.5 Å². The molecule has 0 unspecified atom stereocenters. The fourth-order valence-corrected chi connectivity index (χ4v) is 2.62. The Kier molecular flexibility index (Phi) is 2.51. The van der Waals surface area contributed by atoms with Crippen molar-refractivity contribution in [1.82, 2.24) is 4.98 Å². The number of aromatic nitrogens is 1. The van der Waals surface area contributed by atoms with Gasteiger partial charge in [-0.15, -0.1) is 0 Å². The average Bonchev–Trinajstić information content (AvgIpc) is 2.95. The van der Waals surface area contributed by atoms with Crippen molar-refractivity contribution in [1.29, 1.82) is 0 Å². The van der Waals surface area contributed by atoms with Crippen molar-refractivity contribution in [2.75, 3.05) is 4.90 Å². The Labute approximate surface area is 115 Å². The normalized spacial score (nSPS) is 13.7. The van der Waals surface area contributed by atoms with Crippen molar-refractivity contribution in [3.63, 3.8) is 0 Å². The third-order valence-corrected chi connectivity index (χ3v) is 3.68. The van der Waals surface area contributed by atoms with Crippen molar-refractivity contribution in [3.05, 3.63) is 45.6 Å². The zero-order valence-electron chi connectivity index (χ0n) is 9.64. The Hall–Kier alpha value is -2.81. The number of fused-ring (bicyclic) bond motifs is 1. The number of benzene rings is 1. The Morgan fingerprint density at radius 3 is 2.65 bits per heavy atom. The Balaban J connectivity index is 2.09. The largest absolute Gasteiger partial charge is 0.507 e. The van der Waals surface area contributed by atoms with Gasteiger partial charge >= 0.3 is 5.00 Å². The molecular formula is C11H5N3O5S. The summed E-state index contributed by atoms with van der Waals surface area (Å²) in [5.41, 5.74) is -0.0665. The van der Waals surface area contributed by atoms with E-state index < -0.39 is 16.7 Å². The van der Waals surface area contributed by atoms with Gasteiger partial charge in [0.15, 0.2) is 0 Å². The van der Waals surface area contributed by atoms with E-state index in [4.69, 9.17) is 0 Å². The fourth-order valence-electron chi connectivity index (χ4n) is 1.89. The summed E-state index contributed by atoms with van der Waals surface area (Å²) in [6.07, 6.45) is 0.976. The Morgan fingerprint density at radius 2 is 2.05 bits per heavy atom. The van der Waals surface area contributed by atoms with E-state index in [1.54, 1.807) is 0 Å². The minimum absolute atomic E-state index is 0.0489. The van der Waals surface area contributed by atoms with Gasteiger partial charge in [0.25, 0.3) is 11.8 Å².